The first-order valence-electron chi connectivity index (χ1n) is 5.01. The highest BCUT2D eigenvalue weighted by Gasteiger charge is 2.02. The summed E-state index contributed by atoms with van der Waals surface area (Å²) in [6.07, 6.45) is 1.52. The van der Waals surface area contributed by atoms with Crippen molar-refractivity contribution in [2.24, 2.45) is 0 Å². The maximum absolute atomic E-state index is 5.81. The van der Waals surface area contributed by atoms with Crippen molar-refractivity contribution in [2.75, 3.05) is 18.2 Å². The van der Waals surface area contributed by atoms with Gasteiger partial charge in [0.25, 0.3) is 0 Å². The fourth-order valence-electron chi connectivity index (χ4n) is 1.41. The summed E-state index contributed by atoms with van der Waals surface area (Å²) >= 11 is 5.81. The van der Waals surface area contributed by atoms with Gasteiger partial charge in [-0.05, 0) is 12.1 Å². The van der Waals surface area contributed by atoms with Crippen LogP contribution in [0.15, 0.2) is 36.5 Å². The van der Waals surface area contributed by atoms with Crippen LogP contribution in [0, 0.1) is 0 Å². The molecule has 17 heavy (non-hydrogen) atoms. The van der Waals surface area contributed by atoms with Crippen molar-refractivity contribution in [1.29, 1.82) is 0 Å². The molecule has 0 amide bonds. The Kier molecular flexibility index (Phi) is 3.35. The number of nitrogens with one attached hydrogen (secondary N) is 1. The van der Waals surface area contributed by atoms with Crippen molar-refractivity contribution in [2.45, 2.75) is 0 Å². The molecule has 0 radical (unpaired) electrons. The number of nitrogens with zero attached hydrogens (tertiary/aromatic N) is 1. The molecule has 88 valence electrons. The third-order valence-electron chi connectivity index (χ3n) is 2.25. The van der Waals surface area contributed by atoms with E-state index in [1.54, 1.807) is 13.2 Å². The first kappa shape index (κ1) is 11.5. The van der Waals surface area contributed by atoms with Gasteiger partial charge in [0.2, 0.25) is 0 Å². The second-order valence-electron chi connectivity index (χ2n) is 3.45. The van der Waals surface area contributed by atoms with Gasteiger partial charge in [-0.1, -0.05) is 17.7 Å². The number of nitrogen functional groups attached to an aromatic ring is 1. The zero-order valence-electron chi connectivity index (χ0n) is 9.27. The molecule has 0 fully saturated rings. The zero-order valence-corrected chi connectivity index (χ0v) is 10.0. The summed E-state index contributed by atoms with van der Waals surface area (Å²) in [4.78, 5) is 3.89. The Bertz CT molecular complexity index is 531. The molecule has 1 aromatic carbocycles. The standard InChI is InChI=1S/C12H12ClN3O/c1-17-9-4-2-3-8(5-9)16-11-6-12(13)15-7-10(11)14/h2-7H,14H2,1H3,(H,15,16). The van der Waals surface area contributed by atoms with E-state index in [4.69, 9.17) is 22.1 Å². The fraction of sp³-hybridized carbons (Fsp3) is 0.0833. The van der Waals surface area contributed by atoms with E-state index in [9.17, 15) is 0 Å². The molecule has 0 aliphatic carbocycles. The Balaban J connectivity index is 2.27. The molecule has 0 spiro atoms. The number of aromatic nitrogens is 1. The Morgan fingerprint density at radius 3 is 2.94 bits per heavy atom. The monoisotopic (exact) mass is 249 g/mol. The molecule has 3 N–H and O–H groups in total. The summed E-state index contributed by atoms with van der Waals surface area (Å²) in [7, 11) is 1.62. The molecule has 2 rings (SSSR count). The molecule has 0 saturated heterocycles. The summed E-state index contributed by atoms with van der Waals surface area (Å²) < 4.78 is 5.14. The number of ether oxygens (including phenoxy) is 1. The number of hydrogen-bond acceptors (Lipinski definition) is 4. The minimum atomic E-state index is 0.393. The Labute approximate surface area is 104 Å². The molecule has 1 aromatic heterocycles. The van der Waals surface area contributed by atoms with Crippen LogP contribution in [0.1, 0.15) is 0 Å². The number of rotatable bonds is 3. The van der Waals surface area contributed by atoms with Gasteiger partial charge in [-0.3, -0.25) is 0 Å². The lowest BCUT2D eigenvalue weighted by atomic mass is 10.2. The van der Waals surface area contributed by atoms with E-state index in [0.29, 0.717) is 10.8 Å². The average molecular weight is 250 g/mol. The molecule has 0 aliphatic heterocycles. The van der Waals surface area contributed by atoms with E-state index < -0.39 is 0 Å². The lowest BCUT2D eigenvalue weighted by Crippen LogP contribution is -1.97. The van der Waals surface area contributed by atoms with E-state index in [2.05, 4.69) is 10.3 Å². The zero-order chi connectivity index (χ0) is 12.3. The van der Waals surface area contributed by atoms with Crippen LogP contribution in [-0.2, 0) is 0 Å². The van der Waals surface area contributed by atoms with Crippen LogP contribution in [0.5, 0.6) is 5.75 Å². The molecule has 2 aromatic rings. The van der Waals surface area contributed by atoms with Crippen LogP contribution < -0.4 is 15.8 Å². The third kappa shape index (κ3) is 2.79. The summed E-state index contributed by atoms with van der Waals surface area (Å²) in [5, 5.41) is 3.55. The average Bonchev–Trinajstić information content (AvgIpc) is 2.34. The van der Waals surface area contributed by atoms with Crippen LogP contribution in [0.3, 0.4) is 0 Å². The minimum Gasteiger partial charge on any atom is -0.497 e. The minimum absolute atomic E-state index is 0.393. The third-order valence-corrected chi connectivity index (χ3v) is 2.46. The van der Waals surface area contributed by atoms with E-state index in [1.807, 2.05) is 24.3 Å². The smallest absolute Gasteiger partial charge is 0.131 e. The van der Waals surface area contributed by atoms with Crippen molar-refractivity contribution < 1.29 is 4.74 Å². The van der Waals surface area contributed by atoms with Crippen LogP contribution in [0.2, 0.25) is 5.15 Å². The number of hydrogen-bond donors (Lipinski definition) is 2. The Morgan fingerprint density at radius 2 is 2.18 bits per heavy atom. The summed E-state index contributed by atoms with van der Waals surface area (Å²) in [6.45, 7) is 0. The highest BCUT2D eigenvalue weighted by molar-refractivity contribution is 6.29. The SMILES string of the molecule is COc1cccc(Nc2cc(Cl)ncc2N)c1. The van der Waals surface area contributed by atoms with Crippen molar-refractivity contribution in [3.8, 4) is 5.75 Å². The molecule has 0 saturated carbocycles. The molecule has 4 nitrogen and oxygen atoms in total. The molecule has 0 atom stereocenters. The summed E-state index contributed by atoms with van der Waals surface area (Å²) in [5.74, 6) is 0.772. The predicted octanol–water partition coefficient (Wildman–Crippen LogP) is 3.07. The number of benzene rings is 1. The van der Waals surface area contributed by atoms with Gasteiger partial charge in [0, 0.05) is 17.8 Å². The van der Waals surface area contributed by atoms with Crippen molar-refractivity contribution in [1.82, 2.24) is 4.98 Å². The second kappa shape index (κ2) is 4.93. The number of pyridine rings is 1. The van der Waals surface area contributed by atoms with Gasteiger partial charge in [0.15, 0.2) is 0 Å². The number of methoxy groups -OCH3 is 1. The van der Waals surface area contributed by atoms with Gasteiger partial charge < -0.3 is 15.8 Å². The normalized spacial score (nSPS) is 10.0. The maximum atomic E-state index is 5.81. The van der Waals surface area contributed by atoms with Crippen LogP contribution >= 0.6 is 11.6 Å². The van der Waals surface area contributed by atoms with Gasteiger partial charge in [-0.2, -0.15) is 0 Å². The molecular weight excluding hydrogens is 238 g/mol. The summed E-state index contributed by atoms with van der Waals surface area (Å²) in [6, 6.07) is 9.22. The molecule has 0 aliphatic rings. The van der Waals surface area contributed by atoms with Gasteiger partial charge in [0.05, 0.1) is 24.7 Å². The lowest BCUT2D eigenvalue weighted by Gasteiger charge is -2.10. The molecule has 5 heteroatoms. The maximum Gasteiger partial charge on any atom is 0.131 e. The highest BCUT2D eigenvalue weighted by Crippen LogP contribution is 2.26. The number of halogens is 1. The number of nitrogens with two attached hydrogens (primary N) is 1. The van der Waals surface area contributed by atoms with Crippen molar-refractivity contribution >= 4 is 28.7 Å². The van der Waals surface area contributed by atoms with Gasteiger partial charge in [0.1, 0.15) is 10.9 Å². The van der Waals surface area contributed by atoms with Gasteiger partial charge >= 0.3 is 0 Å². The predicted molar refractivity (Wildman–Crippen MR) is 69.9 cm³/mol. The molecule has 1 heterocycles. The molecule has 0 bridgehead atoms. The van der Waals surface area contributed by atoms with Gasteiger partial charge in [-0.15, -0.1) is 0 Å². The van der Waals surface area contributed by atoms with E-state index in [-0.39, 0.29) is 0 Å². The van der Waals surface area contributed by atoms with E-state index in [1.165, 1.54) is 6.20 Å². The lowest BCUT2D eigenvalue weighted by molar-refractivity contribution is 0.415. The van der Waals surface area contributed by atoms with Crippen molar-refractivity contribution in [3.05, 3.63) is 41.7 Å². The van der Waals surface area contributed by atoms with Crippen LogP contribution in [0.25, 0.3) is 0 Å². The number of anilines is 3. The summed E-state index contributed by atoms with van der Waals surface area (Å²) in [5.41, 5.74) is 7.93. The second-order valence-corrected chi connectivity index (χ2v) is 3.84. The Morgan fingerprint density at radius 1 is 1.35 bits per heavy atom. The highest BCUT2D eigenvalue weighted by atomic mass is 35.5. The molecule has 0 unspecified atom stereocenters. The van der Waals surface area contributed by atoms with Crippen LogP contribution in [-0.4, -0.2) is 12.1 Å². The Hall–Kier alpha value is -1.94. The quantitative estimate of drug-likeness (QED) is 0.821. The van der Waals surface area contributed by atoms with Crippen molar-refractivity contribution in [3.63, 3.8) is 0 Å². The van der Waals surface area contributed by atoms with E-state index >= 15 is 0 Å². The fourth-order valence-corrected chi connectivity index (χ4v) is 1.56. The topological polar surface area (TPSA) is 60.2 Å². The molecular formula is C12H12ClN3O. The van der Waals surface area contributed by atoms with Gasteiger partial charge in [-0.25, -0.2) is 4.98 Å². The largest absolute Gasteiger partial charge is 0.497 e. The van der Waals surface area contributed by atoms with E-state index in [0.717, 1.165) is 17.1 Å². The first-order chi connectivity index (χ1) is 8.19. The van der Waals surface area contributed by atoms with Crippen LogP contribution in [0.4, 0.5) is 17.1 Å². The first-order valence-corrected chi connectivity index (χ1v) is 5.39.